The number of rotatable bonds is 4. The fourth-order valence-corrected chi connectivity index (χ4v) is 3.13. The lowest BCUT2D eigenvalue weighted by atomic mass is 10.1. The molecule has 0 fully saturated rings. The van der Waals surface area contributed by atoms with Gasteiger partial charge in [0.15, 0.2) is 0 Å². The molecule has 1 heterocycles. The Labute approximate surface area is 164 Å². The van der Waals surface area contributed by atoms with E-state index in [0.29, 0.717) is 17.1 Å². The number of amides is 1. The molecule has 4 rings (SSSR count). The summed E-state index contributed by atoms with van der Waals surface area (Å²) in [6.07, 6.45) is 1.52. The smallest absolute Gasteiger partial charge is 0.255 e. The molecule has 0 aliphatic carbocycles. The summed E-state index contributed by atoms with van der Waals surface area (Å²) in [7, 11) is 0. The Bertz CT molecular complexity index is 1120. The molecule has 0 saturated carbocycles. The van der Waals surface area contributed by atoms with Gasteiger partial charge in [-0.1, -0.05) is 40.2 Å². The van der Waals surface area contributed by atoms with Crippen LogP contribution in [0.15, 0.2) is 83.6 Å². The van der Waals surface area contributed by atoms with Crippen LogP contribution in [0.4, 0.5) is 17.2 Å². The SMILES string of the molecule is O=C(Nc1ccc2ncnc(Nc3cccc(Br)c3)c2c1)c1ccccc1. The third-order valence-corrected chi connectivity index (χ3v) is 4.51. The van der Waals surface area contributed by atoms with Crippen molar-refractivity contribution in [1.82, 2.24) is 9.97 Å². The number of halogens is 1. The van der Waals surface area contributed by atoms with Crippen molar-refractivity contribution in [2.75, 3.05) is 10.6 Å². The molecule has 0 saturated heterocycles. The molecular weight excluding hydrogens is 404 g/mol. The molecule has 0 atom stereocenters. The lowest BCUT2D eigenvalue weighted by molar-refractivity contribution is 0.102. The van der Waals surface area contributed by atoms with Crippen LogP contribution in [-0.4, -0.2) is 15.9 Å². The van der Waals surface area contributed by atoms with Crippen LogP contribution in [0.25, 0.3) is 10.9 Å². The van der Waals surface area contributed by atoms with Gasteiger partial charge >= 0.3 is 0 Å². The molecule has 0 bridgehead atoms. The Morgan fingerprint density at radius 1 is 0.852 bits per heavy atom. The maximum atomic E-state index is 12.4. The molecule has 0 spiro atoms. The van der Waals surface area contributed by atoms with Crippen LogP contribution in [0, 0.1) is 0 Å². The monoisotopic (exact) mass is 418 g/mol. The zero-order valence-corrected chi connectivity index (χ0v) is 15.8. The maximum absolute atomic E-state index is 12.4. The number of aromatic nitrogens is 2. The molecule has 3 aromatic carbocycles. The molecule has 1 amide bonds. The summed E-state index contributed by atoms with van der Waals surface area (Å²) in [5, 5.41) is 7.05. The highest BCUT2D eigenvalue weighted by atomic mass is 79.9. The first-order valence-corrected chi connectivity index (χ1v) is 9.12. The van der Waals surface area contributed by atoms with Crippen molar-refractivity contribution in [2.24, 2.45) is 0 Å². The van der Waals surface area contributed by atoms with Crippen LogP contribution in [0.3, 0.4) is 0 Å². The predicted molar refractivity (Wildman–Crippen MR) is 111 cm³/mol. The lowest BCUT2D eigenvalue weighted by Crippen LogP contribution is -2.11. The van der Waals surface area contributed by atoms with E-state index in [4.69, 9.17) is 0 Å². The molecule has 0 aliphatic heterocycles. The Morgan fingerprint density at radius 2 is 1.70 bits per heavy atom. The first-order valence-electron chi connectivity index (χ1n) is 8.33. The molecule has 4 aromatic rings. The zero-order valence-electron chi connectivity index (χ0n) is 14.2. The van der Waals surface area contributed by atoms with E-state index in [1.54, 1.807) is 12.1 Å². The van der Waals surface area contributed by atoms with E-state index in [9.17, 15) is 4.79 Å². The van der Waals surface area contributed by atoms with Gasteiger partial charge in [-0.3, -0.25) is 4.79 Å². The molecule has 27 heavy (non-hydrogen) atoms. The average Bonchev–Trinajstić information content (AvgIpc) is 2.69. The summed E-state index contributed by atoms with van der Waals surface area (Å²) in [5.74, 6) is 0.516. The minimum absolute atomic E-state index is 0.159. The van der Waals surface area contributed by atoms with Crippen LogP contribution in [-0.2, 0) is 0 Å². The molecule has 132 valence electrons. The summed E-state index contributed by atoms with van der Waals surface area (Å²) < 4.78 is 0.974. The number of fused-ring (bicyclic) bond motifs is 1. The van der Waals surface area contributed by atoms with Gasteiger partial charge in [-0.25, -0.2) is 9.97 Å². The van der Waals surface area contributed by atoms with Crippen LogP contribution in [0.5, 0.6) is 0 Å². The summed E-state index contributed by atoms with van der Waals surface area (Å²) in [4.78, 5) is 21.1. The number of benzene rings is 3. The van der Waals surface area contributed by atoms with Gasteiger partial charge in [-0.05, 0) is 48.5 Å². The highest BCUT2D eigenvalue weighted by Gasteiger charge is 2.09. The minimum atomic E-state index is -0.159. The van der Waals surface area contributed by atoms with Crippen LogP contribution in [0.1, 0.15) is 10.4 Å². The average molecular weight is 419 g/mol. The largest absolute Gasteiger partial charge is 0.340 e. The van der Waals surface area contributed by atoms with E-state index in [-0.39, 0.29) is 5.91 Å². The van der Waals surface area contributed by atoms with Crippen molar-refractivity contribution < 1.29 is 4.79 Å². The molecule has 0 radical (unpaired) electrons. The number of nitrogens with zero attached hydrogens (tertiary/aromatic N) is 2. The van der Waals surface area contributed by atoms with E-state index in [2.05, 4.69) is 36.5 Å². The second-order valence-corrected chi connectivity index (χ2v) is 6.83. The normalized spacial score (nSPS) is 10.6. The highest BCUT2D eigenvalue weighted by molar-refractivity contribution is 9.10. The van der Waals surface area contributed by atoms with Gasteiger partial charge < -0.3 is 10.6 Å². The summed E-state index contributed by atoms with van der Waals surface area (Å²) >= 11 is 3.47. The van der Waals surface area contributed by atoms with Gasteiger partial charge in [0.05, 0.1) is 5.52 Å². The molecule has 1 aromatic heterocycles. The molecule has 2 N–H and O–H groups in total. The van der Waals surface area contributed by atoms with Gasteiger partial charge in [0.25, 0.3) is 5.91 Å². The van der Waals surface area contributed by atoms with E-state index in [0.717, 1.165) is 21.1 Å². The van der Waals surface area contributed by atoms with E-state index < -0.39 is 0 Å². The summed E-state index contributed by atoms with van der Waals surface area (Å²) in [5.41, 5.74) is 2.99. The Kier molecular flexibility index (Phi) is 4.80. The van der Waals surface area contributed by atoms with E-state index in [1.807, 2.05) is 60.7 Å². The zero-order chi connectivity index (χ0) is 18.6. The number of carbonyl (C=O) groups is 1. The first-order chi connectivity index (χ1) is 13.2. The molecule has 0 aliphatic rings. The highest BCUT2D eigenvalue weighted by Crippen LogP contribution is 2.27. The number of hydrogen-bond donors (Lipinski definition) is 2. The third-order valence-electron chi connectivity index (χ3n) is 4.02. The standard InChI is InChI=1S/C21H15BrN4O/c22-15-7-4-8-16(11-15)25-20-18-12-17(9-10-19(18)23-13-24-20)26-21(27)14-5-2-1-3-6-14/h1-13H,(H,26,27)(H,23,24,25). The van der Waals surface area contributed by atoms with Crippen molar-refractivity contribution in [3.63, 3.8) is 0 Å². The maximum Gasteiger partial charge on any atom is 0.255 e. The minimum Gasteiger partial charge on any atom is -0.340 e. The number of nitrogens with one attached hydrogen (secondary N) is 2. The second kappa shape index (κ2) is 7.55. The van der Waals surface area contributed by atoms with Gasteiger partial charge in [0, 0.05) is 26.8 Å². The Hall–Kier alpha value is -3.25. The van der Waals surface area contributed by atoms with Gasteiger partial charge in [0.1, 0.15) is 12.1 Å². The van der Waals surface area contributed by atoms with E-state index >= 15 is 0 Å². The molecule has 6 heteroatoms. The van der Waals surface area contributed by atoms with Crippen molar-refractivity contribution in [1.29, 1.82) is 0 Å². The van der Waals surface area contributed by atoms with Crippen molar-refractivity contribution in [3.8, 4) is 0 Å². The first kappa shape index (κ1) is 17.2. The topological polar surface area (TPSA) is 66.9 Å². The number of hydrogen-bond acceptors (Lipinski definition) is 4. The fraction of sp³-hybridized carbons (Fsp3) is 0. The predicted octanol–water partition coefficient (Wildman–Crippen LogP) is 5.39. The Balaban J connectivity index is 1.66. The van der Waals surface area contributed by atoms with E-state index in [1.165, 1.54) is 6.33 Å². The van der Waals surface area contributed by atoms with Crippen molar-refractivity contribution >= 4 is 49.9 Å². The lowest BCUT2D eigenvalue weighted by Gasteiger charge is -2.11. The van der Waals surface area contributed by atoms with Crippen LogP contribution < -0.4 is 10.6 Å². The van der Waals surface area contributed by atoms with Crippen molar-refractivity contribution in [2.45, 2.75) is 0 Å². The molecular formula is C21H15BrN4O. The van der Waals surface area contributed by atoms with Gasteiger partial charge in [-0.15, -0.1) is 0 Å². The summed E-state index contributed by atoms with van der Waals surface area (Å²) in [6.45, 7) is 0. The van der Waals surface area contributed by atoms with Crippen molar-refractivity contribution in [3.05, 3.63) is 89.2 Å². The summed E-state index contributed by atoms with van der Waals surface area (Å²) in [6, 6.07) is 22.5. The quantitative estimate of drug-likeness (QED) is 0.466. The second-order valence-electron chi connectivity index (χ2n) is 5.91. The fourth-order valence-electron chi connectivity index (χ4n) is 2.73. The van der Waals surface area contributed by atoms with Crippen LogP contribution >= 0.6 is 15.9 Å². The van der Waals surface area contributed by atoms with Crippen LogP contribution in [0.2, 0.25) is 0 Å². The Morgan fingerprint density at radius 3 is 2.52 bits per heavy atom. The molecule has 0 unspecified atom stereocenters. The third kappa shape index (κ3) is 3.96. The number of carbonyl (C=O) groups excluding carboxylic acids is 1. The molecule has 5 nitrogen and oxygen atoms in total. The van der Waals surface area contributed by atoms with Gasteiger partial charge in [-0.2, -0.15) is 0 Å². The van der Waals surface area contributed by atoms with Gasteiger partial charge in [0.2, 0.25) is 0 Å². The number of anilines is 3.